The molecule has 0 aliphatic rings. The molecular formula is C19H19BrO4. The normalized spacial score (nSPS) is 10.1. The van der Waals surface area contributed by atoms with Crippen LogP contribution in [0.15, 0.2) is 53.5 Å². The van der Waals surface area contributed by atoms with E-state index in [2.05, 4.69) is 22.5 Å². The number of hydrogen-bond acceptors (Lipinski definition) is 4. The highest BCUT2D eigenvalue weighted by molar-refractivity contribution is 9.10. The molecule has 2 rings (SSSR count). The fourth-order valence-electron chi connectivity index (χ4n) is 2.17. The number of allylic oxidation sites excluding steroid dienone is 1. The van der Waals surface area contributed by atoms with E-state index in [0.717, 1.165) is 22.7 Å². The lowest BCUT2D eigenvalue weighted by atomic mass is 10.1. The zero-order valence-corrected chi connectivity index (χ0v) is 15.0. The van der Waals surface area contributed by atoms with Gasteiger partial charge in [0.2, 0.25) is 0 Å². The maximum absolute atomic E-state index is 11.0. The number of ether oxygens (including phenoxy) is 3. The first-order valence-corrected chi connectivity index (χ1v) is 8.25. The first-order valence-electron chi connectivity index (χ1n) is 7.46. The van der Waals surface area contributed by atoms with Crippen molar-refractivity contribution in [2.45, 2.75) is 6.42 Å². The lowest BCUT2D eigenvalue weighted by molar-refractivity contribution is 0.111. The minimum absolute atomic E-state index is 0.319. The lowest BCUT2D eigenvalue weighted by Gasteiger charge is -2.13. The Labute approximate surface area is 150 Å². The topological polar surface area (TPSA) is 44.8 Å². The van der Waals surface area contributed by atoms with Crippen molar-refractivity contribution in [3.63, 3.8) is 0 Å². The number of halogens is 1. The SMILES string of the molecule is C=CCc1ccc(OCCOc2ccc(Br)cc2C=O)c(OC)c1. The van der Waals surface area contributed by atoms with E-state index >= 15 is 0 Å². The van der Waals surface area contributed by atoms with Crippen molar-refractivity contribution in [3.05, 3.63) is 64.7 Å². The minimum atomic E-state index is 0.319. The molecule has 0 amide bonds. The molecule has 126 valence electrons. The number of rotatable bonds is 9. The number of benzene rings is 2. The average molecular weight is 391 g/mol. The van der Waals surface area contributed by atoms with Crippen LogP contribution in [0.2, 0.25) is 0 Å². The Kier molecular flexibility index (Phi) is 6.88. The summed E-state index contributed by atoms with van der Waals surface area (Å²) in [5, 5.41) is 0. The van der Waals surface area contributed by atoms with Gasteiger partial charge in [-0.15, -0.1) is 6.58 Å². The van der Waals surface area contributed by atoms with Crippen LogP contribution in [0.25, 0.3) is 0 Å². The van der Waals surface area contributed by atoms with Gasteiger partial charge in [0, 0.05) is 4.47 Å². The molecular weight excluding hydrogens is 372 g/mol. The van der Waals surface area contributed by atoms with Crippen LogP contribution in [0.3, 0.4) is 0 Å². The summed E-state index contributed by atoms with van der Waals surface area (Å²) < 4.78 is 17.5. The predicted octanol–water partition coefficient (Wildman–Crippen LogP) is 4.46. The van der Waals surface area contributed by atoms with Gasteiger partial charge < -0.3 is 14.2 Å². The van der Waals surface area contributed by atoms with Gasteiger partial charge in [-0.05, 0) is 42.3 Å². The van der Waals surface area contributed by atoms with E-state index in [1.165, 1.54) is 0 Å². The standard InChI is InChI=1S/C19H19BrO4/c1-3-4-14-5-7-18(19(11-14)22-2)24-10-9-23-17-8-6-16(20)12-15(17)13-21/h3,5-8,11-13H,1,4,9-10H2,2H3. The minimum Gasteiger partial charge on any atom is -0.493 e. The van der Waals surface area contributed by atoms with Crippen LogP contribution in [-0.4, -0.2) is 26.6 Å². The molecule has 0 N–H and O–H groups in total. The Morgan fingerprint density at radius 1 is 1.04 bits per heavy atom. The number of carbonyl (C=O) groups excluding carboxylic acids is 1. The lowest BCUT2D eigenvalue weighted by Crippen LogP contribution is -2.10. The molecule has 0 spiro atoms. The quantitative estimate of drug-likeness (QED) is 0.360. The van der Waals surface area contributed by atoms with Crippen LogP contribution in [0.5, 0.6) is 17.2 Å². The van der Waals surface area contributed by atoms with Crippen LogP contribution in [0, 0.1) is 0 Å². The monoisotopic (exact) mass is 390 g/mol. The van der Waals surface area contributed by atoms with E-state index in [-0.39, 0.29) is 0 Å². The summed E-state index contributed by atoms with van der Waals surface area (Å²) in [6.07, 6.45) is 3.38. The Bertz CT molecular complexity index is 713. The molecule has 0 aliphatic heterocycles. The number of carbonyl (C=O) groups is 1. The molecule has 0 heterocycles. The van der Waals surface area contributed by atoms with Crippen LogP contribution >= 0.6 is 15.9 Å². The number of methoxy groups -OCH3 is 1. The highest BCUT2D eigenvalue weighted by atomic mass is 79.9. The zero-order valence-electron chi connectivity index (χ0n) is 13.5. The Balaban J connectivity index is 1.92. The molecule has 2 aromatic rings. The van der Waals surface area contributed by atoms with Gasteiger partial charge in [0.25, 0.3) is 0 Å². The van der Waals surface area contributed by atoms with Crippen molar-refractivity contribution in [2.24, 2.45) is 0 Å². The van der Waals surface area contributed by atoms with Crippen molar-refractivity contribution in [1.82, 2.24) is 0 Å². The second-order valence-electron chi connectivity index (χ2n) is 4.97. The molecule has 0 fully saturated rings. The van der Waals surface area contributed by atoms with Crippen molar-refractivity contribution in [3.8, 4) is 17.2 Å². The Morgan fingerprint density at radius 3 is 2.42 bits per heavy atom. The molecule has 0 saturated heterocycles. The molecule has 0 atom stereocenters. The van der Waals surface area contributed by atoms with Crippen molar-refractivity contribution in [1.29, 1.82) is 0 Å². The number of hydrogen-bond donors (Lipinski definition) is 0. The van der Waals surface area contributed by atoms with Gasteiger partial charge in [-0.3, -0.25) is 4.79 Å². The summed E-state index contributed by atoms with van der Waals surface area (Å²) in [4.78, 5) is 11.0. The van der Waals surface area contributed by atoms with Gasteiger partial charge in [0.1, 0.15) is 19.0 Å². The first-order chi connectivity index (χ1) is 11.7. The number of aldehydes is 1. The van der Waals surface area contributed by atoms with Gasteiger partial charge in [0.15, 0.2) is 17.8 Å². The van der Waals surface area contributed by atoms with Gasteiger partial charge in [-0.1, -0.05) is 28.1 Å². The summed E-state index contributed by atoms with van der Waals surface area (Å²) in [6, 6.07) is 11.1. The second-order valence-corrected chi connectivity index (χ2v) is 5.89. The van der Waals surface area contributed by atoms with Gasteiger partial charge >= 0.3 is 0 Å². The van der Waals surface area contributed by atoms with Crippen LogP contribution in [0.1, 0.15) is 15.9 Å². The molecule has 4 nitrogen and oxygen atoms in total. The summed E-state index contributed by atoms with van der Waals surface area (Å²) >= 11 is 3.32. The molecule has 2 aromatic carbocycles. The second kappa shape index (κ2) is 9.13. The zero-order chi connectivity index (χ0) is 17.4. The smallest absolute Gasteiger partial charge is 0.161 e. The van der Waals surface area contributed by atoms with E-state index in [9.17, 15) is 4.79 Å². The van der Waals surface area contributed by atoms with Crippen molar-refractivity contribution >= 4 is 22.2 Å². The third-order valence-corrected chi connectivity index (χ3v) is 3.80. The Morgan fingerprint density at radius 2 is 1.75 bits per heavy atom. The molecule has 24 heavy (non-hydrogen) atoms. The molecule has 5 heteroatoms. The third kappa shape index (κ3) is 4.86. The highest BCUT2D eigenvalue weighted by Gasteiger charge is 2.07. The maximum atomic E-state index is 11.0. The molecule has 0 bridgehead atoms. The van der Waals surface area contributed by atoms with Gasteiger partial charge in [0.05, 0.1) is 12.7 Å². The van der Waals surface area contributed by atoms with E-state index in [1.54, 1.807) is 19.2 Å². The van der Waals surface area contributed by atoms with Crippen LogP contribution in [-0.2, 0) is 6.42 Å². The molecule has 0 saturated carbocycles. The van der Waals surface area contributed by atoms with Crippen LogP contribution in [0.4, 0.5) is 0 Å². The molecule has 0 radical (unpaired) electrons. The van der Waals surface area contributed by atoms with Crippen molar-refractivity contribution in [2.75, 3.05) is 20.3 Å². The molecule has 0 aromatic heterocycles. The Hall–Kier alpha value is -2.27. The van der Waals surface area contributed by atoms with E-state index in [4.69, 9.17) is 14.2 Å². The van der Waals surface area contributed by atoms with E-state index < -0.39 is 0 Å². The highest BCUT2D eigenvalue weighted by Crippen LogP contribution is 2.28. The van der Waals surface area contributed by atoms with Crippen molar-refractivity contribution < 1.29 is 19.0 Å². The summed E-state index contributed by atoms with van der Waals surface area (Å²) in [5.74, 6) is 1.86. The van der Waals surface area contributed by atoms with Gasteiger partial charge in [-0.25, -0.2) is 0 Å². The predicted molar refractivity (Wildman–Crippen MR) is 97.4 cm³/mol. The summed E-state index contributed by atoms with van der Waals surface area (Å²) in [7, 11) is 1.61. The fourth-order valence-corrected chi connectivity index (χ4v) is 2.55. The van der Waals surface area contributed by atoms with E-state index in [0.29, 0.717) is 36.0 Å². The summed E-state index contributed by atoms with van der Waals surface area (Å²) in [6.45, 7) is 4.38. The van der Waals surface area contributed by atoms with Crippen LogP contribution < -0.4 is 14.2 Å². The molecule has 0 unspecified atom stereocenters. The summed E-state index contributed by atoms with van der Waals surface area (Å²) in [5.41, 5.74) is 1.60. The average Bonchev–Trinajstić information content (AvgIpc) is 2.60. The third-order valence-electron chi connectivity index (χ3n) is 3.31. The molecule has 0 aliphatic carbocycles. The largest absolute Gasteiger partial charge is 0.493 e. The van der Waals surface area contributed by atoms with Gasteiger partial charge in [-0.2, -0.15) is 0 Å². The first kappa shape index (κ1) is 18.1. The fraction of sp³-hybridized carbons (Fsp3) is 0.211. The maximum Gasteiger partial charge on any atom is 0.161 e. The van der Waals surface area contributed by atoms with E-state index in [1.807, 2.05) is 30.3 Å².